The van der Waals surface area contributed by atoms with Crippen molar-refractivity contribution in [3.63, 3.8) is 0 Å². The molecular weight excluding hydrogens is 344 g/mol. The summed E-state index contributed by atoms with van der Waals surface area (Å²) in [5, 5.41) is 3.00. The molecule has 2 amide bonds. The van der Waals surface area contributed by atoms with Gasteiger partial charge in [0.25, 0.3) is 5.91 Å². The fourth-order valence-electron chi connectivity index (χ4n) is 3.41. The zero-order valence-electron chi connectivity index (χ0n) is 15.2. The Morgan fingerprint density at radius 1 is 1.07 bits per heavy atom. The Bertz CT molecular complexity index is 863. The maximum absolute atomic E-state index is 12.6. The molecule has 140 valence electrons. The number of fused-ring (bicyclic) bond motifs is 1. The number of nitrogens with zero attached hydrogens (tertiary/aromatic N) is 1. The van der Waals surface area contributed by atoms with Gasteiger partial charge >= 0.3 is 0 Å². The molecule has 2 heterocycles. The van der Waals surface area contributed by atoms with Gasteiger partial charge in [-0.25, -0.2) is 0 Å². The number of hydrogen-bond donors (Lipinski definition) is 1. The molecule has 2 aromatic rings. The molecule has 0 bridgehead atoms. The maximum Gasteiger partial charge on any atom is 0.251 e. The van der Waals surface area contributed by atoms with Crippen LogP contribution in [0.5, 0.6) is 11.5 Å². The fraction of sp³-hybridized carbons (Fsp3) is 0.333. The predicted octanol–water partition coefficient (Wildman–Crippen LogP) is 3.08. The van der Waals surface area contributed by atoms with Crippen LogP contribution in [0.3, 0.4) is 0 Å². The van der Waals surface area contributed by atoms with Gasteiger partial charge in [0.1, 0.15) is 13.2 Å². The summed E-state index contributed by atoms with van der Waals surface area (Å²) in [5.74, 6) is 1.42. The molecule has 0 spiro atoms. The van der Waals surface area contributed by atoms with Crippen LogP contribution in [0.2, 0.25) is 0 Å². The summed E-state index contributed by atoms with van der Waals surface area (Å²) in [6.45, 7) is 3.76. The van der Waals surface area contributed by atoms with Crippen molar-refractivity contribution in [2.24, 2.45) is 0 Å². The van der Waals surface area contributed by atoms with Crippen LogP contribution in [0.25, 0.3) is 0 Å². The molecule has 0 aromatic heterocycles. The zero-order chi connectivity index (χ0) is 18.8. The minimum absolute atomic E-state index is 0.138. The summed E-state index contributed by atoms with van der Waals surface area (Å²) in [6.07, 6.45) is 1.48. The molecule has 1 fully saturated rings. The Hall–Kier alpha value is -3.02. The Kier molecular flexibility index (Phi) is 4.71. The van der Waals surface area contributed by atoms with Crippen molar-refractivity contribution in [1.29, 1.82) is 0 Å². The first kappa shape index (κ1) is 17.4. The number of amides is 2. The lowest BCUT2D eigenvalue weighted by Crippen LogP contribution is -2.27. The highest BCUT2D eigenvalue weighted by atomic mass is 16.6. The minimum Gasteiger partial charge on any atom is -0.486 e. The molecule has 4 rings (SSSR count). The molecule has 0 radical (unpaired) electrons. The van der Waals surface area contributed by atoms with Crippen LogP contribution in [0.1, 0.15) is 41.7 Å². The SMILES string of the molecule is CC(NC(=O)c1ccc(N2CCCC2=O)cc1)c1ccc2c(c1)OCCO2. The average Bonchev–Trinajstić information content (AvgIpc) is 3.13. The summed E-state index contributed by atoms with van der Waals surface area (Å²) >= 11 is 0. The summed E-state index contributed by atoms with van der Waals surface area (Å²) in [6, 6.07) is 12.7. The number of carbonyl (C=O) groups is 2. The molecular formula is C21H22N2O4. The molecule has 0 aliphatic carbocycles. The first-order chi connectivity index (χ1) is 13.1. The van der Waals surface area contributed by atoms with E-state index in [0.717, 1.165) is 30.0 Å². The van der Waals surface area contributed by atoms with E-state index in [1.54, 1.807) is 17.0 Å². The Morgan fingerprint density at radius 3 is 2.52 bits per heavy atom. The quantitative estimate of drug-likeness (QED) is 0.903. The van der Waals surface area contributed by atoms with E-state index < -0.39 is 0 Å². The van der Waals surface area contributed by atoms with Gasteiger partial charge in [-0.1, -0.05) is 6.07 Å². The van der Waals surface area contributed by atoms with E-state index in [0.29, 0.717) is 30.9 Å². The van der Waals surface area contributed by atoms with Gasteiger partial charge in [-0.15, -0.1) is 0 Å². The standard InChI is InChI=1S/C21H22N2O4/c1-14(16-6-9-18-19(13-16)27-12-11-26-18)22-21(25)15-4-7-17(8-5-15)23-10-2-3-20(23)24/h4-9,13-14H,2-3,10-12H2,1H3,(H,22,25). The zero-order valence-corrected chi connectivity index (χ0v) is 15.2. The fourth-order valence-corrected chi connectivity index (χ4v) is 3.41. The molecule has 1 N–H and O–H groups in total. The summed E-state index contributed by atoms with van der Waals surface area (Å²) in [7, 11) is 0. The third kappa shape index (κ3) is 3.60. The summed E-state index contributed by atoms with van der Waals surface area (Å²) in [5.41, 5.74) is 2.36. The Labute approximate surface area is 158 Å². The summed E-state index contributed by atoms with van der Waals surface area (Å²) < 4.78 is 11.1. The Balaban J connectivity index is 1.43. The number of nitrogens with one attached hydrogen (secondary N) is 1. The molecule has 1 unspecified atom stereocenters. The maximum atomic E-state index is 12.6. The third-order valence-electron chi connectivity index (χ3n) is 4.93. The van der Waals surface area contributed by atoms with Gasteiger partial charge in [0, 0.05) is 24.2 Å². The number of ether oxygens (including phenoxy) is 2. The van der Waals surface area contributed by atoms with E-state index >= 15 is 0 Å². The van der Waals surface area contributed by atoms with E-state index in [2.05, 4.69) is 5.32 Å². The smallest absolute Gasteiger partial charge is 0.251 e. The van der Waals surface area contributed by atoms with Crippen LogP contribution >= 0.6 is 0 Å². The lowest BCUT2D eigenvalue weighted by molar-refractivity contribution is -0.117. The molecule has 6 heteroatoms. The van der Waals surface area contributed by atoms with Gasteiger partial charge in [-0.05, 0) is 55.3 Å². The second-order valence-electron chi connectivity index (χ2n) is 6.79. The molecule has 2 aliphatic heterocycles. The van der Waals surface area contributed by atoms with Crippen molar-refractivity contribution >= 4 is 17.5 Å². The van der Waals surface area contributed by atoms with E-state index in [-0.39, 0.29) is 17.9 Å². The van der Waals surface area contributed by atoms with E-state index in [9.17, 15) is 9.59 Å². The van der Waals surface area contributed by atoms with Gasteiger partial charge in [0.05, 0.1) is 6.04 Å². The van der Waals surface area contributed by atoms with E-state index in [1.807, 2.05) is 37.3 Å². The predicted molar refractivity (Wildman–Crippen MR) is 101 cm³/mol. The molecule has 27 heavy (non-hydrogen) atoms. The highest BCUT2D eigenvalue weighted by molar-refractivity contribution is 5.97. The molecule has 1 atom stereocenters. The number of hydrogen-bond acceptors (Lipinski definition) is 4. The lowest BCUT2D eigenvalue weighted by Gasteiger charge is -2.21. The van der Waals surface area contributed by atoms with Crippen molar-refractivity contribution in [3.8, 4) is 11.5 Å². The topological polar surface area (TPSA) is 67.9 Å². The van der Waals surface area contributed by atoms with Crippen LogP contribution in [0, 0.1) is 0 Å². The highest BCUT2D eigenvalue weighted by Crippen LogP contribution is 2.32. The Morgan fingerprint density at radius 2 is 1.81 bits per heavy atom. The first-order valence-corrected chi connectivity index (χ1v) is 9.22. The van der Waals surface area contributed by atoms with Crippen LogP contribution < -0.4 is 19.7 Å². The molecule has 6 nitrogen and oxygen atoms in total. The van der Waals surface area contributed by atoms with Crippen molar-refractivity contribution in [2.75, 3.05) is 24.7 Å². The van der Waals surface area contributed by atoms with Crippen LogP contribution in [-0.2, 0) is 4.79 Å². The van der Waals surface area contributed by atoms with E-state index in [1.165, 1.54) is 0 Å². The highest BCUT2D eigenvalue weighted by Gasteiger charge is 2.22. The largest absolute Gasteiger partial charge is 0.486 e. The van der Waals surface area contributed by atoms with Crippen molar-refractivity contribution < 1.29 is 19.1 Å². The monoisotopic (exact) mass is 366 g/mol. The van der Waals surface area contributed by atoms with Crippen LogP contribution in [0.15, 0.2) is 42.5 Å². The third-order valence-corrected chi connectivity index (χ3v) is 4.93. The second kappa shape index (κ2) is 7.31. The first-order valence-electron chi connectivity index (χ1n) is 9.22. The van der Waals surface area contributed by atoms with Crippen LogP contribution in [0.4, 0.5) is 5.69 Å². The number of carbonyl (C=O) groups excluding carboxylic acids is 2. The van der Waals surface area contributed by atoms with Gasteiger partial charge in [0.15, 0.2) is 11.5 Å². The van der Waals surface area contributed by atoms with Crippen LogP contribution in [-0.4, -0.2) is 31.6 Å². The number of anilines is 1. The van der Waals surface area contributed by atoms with Gasteiger partial charge in [0.2, 0.25) is 5.91 Å². The number of rotatable bonds is 4. The number of benzene rings is 2. The van der Waals surface area contributed by atoms with E-state index in [4.69, 9.17) is 9.47 Å². The van der Waals surface area contributed by atoms with Gasteiger partial charge < -0.3 is 19.7 Å². The van der Waals surface area contributed by atoms with Crippen molar-refractivity contribution in [2.45, 2.75) is 25.8 Å². The molecule has 1 saturated heterocycles. The molecule has 2 aliphatic rings. The van der Waals surface area contributed by atoms with Crippen molar-refractivity contribution in [1.82, 2.24) is 5.32 Å². The van der Waals surface area contributed by atoms with Crippen molar-refractivity contribution in [3.05, 3.63) is 53.6 Å². The second-order valence-corrected chi connectivity index (χ2v) is 6.79. The minimum atomic E-state index is -0.173. The van der Waals surface area contributed by atoms with Gasteiger partial charge in [-0.2, -0.15) is 0 Å². The summed E-state index contributed by atoms with van der Waals surface area (Å²) in [4.78, 5) is 26.2. The molecule has 0 saturated carbocycles. The average molecular weight is 366 g/mol. The molecule has 2 aromatic carbocycles. The lowest BCUT2D eigenvalue weighted by atomic mass is 10.1. The normalized spacial score (nSPS) is 16.9. The van der Waals surface area contributed by atoms with Gasteiger partial charge in [-0.3, -0.25) is 9.59 Å².